The fraction of sp³-hybridized carbons (Fsp3) is 0.630. The van der Waals surface area contributed by atoms with Gasteiger partial charge in [0, 0.05) is 17.7 Å². The van der Waals surface area contributed by atoms with Crippen LogP contribution in [0.4, 0.5) is 13.2 Å². The number of thioether (sulfide) groups is 1. The van der Waals surface area contributed by atoms with Crippen LogP contribution in [0.5, 0.6) is 0 Å². The van der Waals surface area contributed by atoms with Crippen LogP contribution in [-0.4, -0.2) is 134 Å². The zero-order valence-corrected chi connectivity index (χ0v) is 24.9. The lowest BCUT2D eigenvalue weighted by Crippen LogP contribution is -2.58. The Hall–Kier alpha value is -2.72. The van der Waals surface area contributed by atoms with Crippen molar-refractivity contribution < 1.29 is 53.3 Å². The van der Waals surface area contributed by atoms with Crippen LogP contribution in [-0.2, 0) is 9.47 Å². The first-order valence-corrected chi connectivity index (χ1v) is 15.6. The number of hydrogen-bond donors (Lipinski definition) is 7. The summed E-state index contributed by atoms with van der Waals surface area (Å²) in [7, 11) is 0. The Kier molecular flexibility index (Phi) is 9.95. The van der Waals surface area contributed by atoms with Crippen molar-refractivity contribution in [1.82, 2.24) is 35.3 Å². The van der Waals surface area contributed by atoms with Gasteiger partial charge in [-0.2, -0.15) is 0 Å². The Labute approximate surface area is 263 Å². The molecule has 5 heterocycles. The maximum atomic E-state index is 13.8. The minimum atomic E-state index is -1.66. The SMILES string of the molecule is OCC1O[C@@H](SC2O[C@H](CO)C(O)C(n3cc(C4CCNCC4)nn3)[C@H]2O)[C@@H](O)C(n2cc(-c3cc(F)c(F)c(F)c3)nn2)[C@H]1O. The van der Waals surface area contributed by atoms with Gasteiger partial charge >= 0.3 is 0 Å². The maximum absolute atomic E-state index is 13.8. The molecular formula is C27H34F3N7O8S. The number of nitrogens with zero attached hydrogens (tertiary/aromatic N) is 6. The van der Waals surface area contributed by atoms with Crippen molar-refractivity contribution in [2.45, 2.75) is 78.3 Å². The first kappa shape index (κ1) is 33.2. The summed E-state index contributed by atoms with van der Waals surface area (Å²) >= 11 is 0.779. The number of nitrogens with one attached hydrogen (secondary N) is 1. The van der Waals surface area contributed by atoms with E-state index in [2.05, 4.69) is 25.9 Å². The van der Waals surface area contributed by atoms with Gasteiger partial charge in [-0.3, -0.25) is 0 Å². The van der Waals surface area contributed by atoms with E-state index in [1.807, 2.05) is 0 Å². The second kappa shape index (κ2) is 13.8. The van der Waals surface area contributed by atoms with Gasteiger partial charge in [-0.25, -0.2) is 22.5 Å². The topological polar surface area (TPSA) is 213 Å². The van der Waals surface area contributed by atoms with E-state index in [4.69, 9.17) is 9.47 Å². The van der Waals surface area contributed by atoms with Gasteiger partial charge in [0.05, 0.1) is 25.1 Å². The monoisotopic (exact) mass is 673 g/mol. The normalized spacial score (nSPS) is 34.2. The molecule has 19 heteroatoms. The van der Waals surface area contributed by atoms with Crippen molar-refractivity contribution in [2.24, 2.45) is 0 Å². The number of hydrogen-bond acceptors (Lipinski definition) is 14. The molecule has 15 nitrogen and oxygen atoms in total. The average molecular weight is 674 g/mol. The fourth-order valence-electron chi connectivity index (χ4n) is 6.12. The van der Waals surface area contributed by atoms with E-state index in [1.54, 1.807) is 6.20 Å². The third-order valence-electron chi connectivity index (χ3n) is 8.65. The van der Waals surface area contributed by atoms with Crippen LogP contribution < -0.4 is 5.32 Å². The molecule has 3 aliphatic heterocycles. The molecule has 7 N–H and O–H groups in total. The molecule has 3 aliphatic rings. The Morgan fingerprint density at radius 3 is 1.85 bits per heavy atom. The predicted molar refractivity (Wildman–Crippen MR) is 151 cm³/mol. The summed E-state index contributed by atoms with van der Waals surface area (Å²) < 4.78 is 55.1. The van der Waals surface area contributed by atoms with E-state index in [9.17, 15) is 43.8 Å². The number of aromatic nitrogens is 6. The van der Waals surface area contributed by atoms with Gasteiger partial charge in [-0.1, -0.05) is 22.2 Å². The highest BCUT2D eigenvalue weighted by Crippen LogP contribution is 2.42. The number of piperidine rings is 1. The summed E-state index contributed by atoms with van der Waals surface area (Å²) in [6.45, 7) is 0.334. The number of ether oxygens (including phenoxy) is 2. The summed E-state index contributed by atoms with van der Waals surface area (Å²) in [5.74, 6) is -4.41. The Morgan fingerprint density at radius 1 is 0.783 bits per heavy atom. The fourth-order valence-corrected chi connectivity index (χ4v) is 7.44. The molecule has 0 aliphatic carbocycles. The third kappa shape index (κ3) is 6.28. The second-order valence-electron chi connectivity index (χ2n) is 11.5. The molecule has 1 aromatic carbocycles. The summed E-state index contributed by atoms with van der Waals surface area (Å²) in [5.41, 5.74) is -2.06. The molecular weight excluding hydrogens is 639 g/mol. The zero-order valence-electron chi connectivity index (χ0n) is 24.1. The second-order valence-corrected chi connectivity index (χ2v) is 12.7. The number of aliphatic hydroxyl groups excluding tert-OH is 6. The van der Waals surface area contributed by atoms with Crippen molar-refractivity contribution in [3.63, 3.8) is 0 Å². The molecule has 46 heavy (non-hydrogen) atoms. The number of aliphatic hydroxyl groups is 6. The number of halogens is 3. The molecule has 252 valence electrons. The molecule has 3 fully saturated rings. The molecule has 0 saturated carbocycles. The van der Waals surface area contributed by atoms with Crippen LogP contribution in [0, 0.1) is 17.5 Å². The van der Waals surface area contributed by atoms with Crippen LogP contribution in [0.1, 0.15) is 36.5 Å². The first-order chi connectivity index (χ1) is 22.1. The van der Waals surface area contributed by atoms with Crippen LogP contribution in [0.3, 0.4) is 0 Å². The van der Waals surface area contributed by atoms with Crippen LogP contribution in [0.25, 0.3) is 11.3 Å². The van der Waals surface area contributed by atoms with Crippen molar-refractivity contribution >= 4 is 11.8 Å². The quantitative estimate of drug-likeness (QED) is 0.140. The Bertz CT molecular complexity index is 1480. The van der Waals surface area contributed by atoms with E-state index in [1.165, 1.54) is 10.9 Å². The van der Waals surface area contributed by atoms with Crippen molar-refractivity contribution in [1.29, 1.82) is 0 Å². The van der Waals surface area contributed by atoms with E-state index >= 15 is 0 Å². The van der Waals surface area contributed by atoms with E-state index in [0.29, 0.717) is 17.8 Å². The van der Waals surface area contributed by atoms with E-state index < -0.39 is 90.2 Å². The Balaban J connectivity index is 1.24. The molecule has 6 rings (SSSR count). The highest BCUT2D eigenvalue weighted by Gasteiger charge is 2.51. The molecule has 3 saturated heterocycles. The molecule has 0 bridgehead atoms. The van der Waals surface area contributed by atoms with Gasteiger partial charge in [-0.15, -0.1) is 10.2 Å². The van der Waals surface area contributed by atoms with Gasteiger partial charge in [-0.05, 0) is 38.1 Å². The molecule has 2 aromatic heterocycles. The largest absolute Gasteiger partial charge is 0.394 e. The van der Waals surface area contributed by atoms with Crippen LogP contribution >= 0.6 is 11.8 Å². The third-order valence-corrected chi connectivity index (χ3v) is 9.97. The maximum Gasteiger partial charge on any atom is 0.194 e. The summed E-state index contributed by atoms with van der Waals surface area (Å²) in [4.78, 5) is 0. The van der Waals surface area contributed by atoms with Gasteiger partial charge < -0.3 is 45.4 Å². The minimum Gasteiger partial charge on any atom is -0.394 e. The summed E-state index contributed by atoms with van der Waals surface area (Å²) in [6, 6.07) is -0.990. The number of rotatable bonds is 8. The van der Waals surface area contributed by atoms with Gasteiger partial charge in [0.2, 0.25) is 0 Å². The van der Waals surface area contributed by atoms with E-state index in [-0.39, 0.29) is 17.2 Å². The Morgan fingerprint density at radius 2 is 1.30 bits per heavy atom. The number of benzene rings is 1. The van der Waals surface area contributed by atoms with E-state index in [0.717, 1.165) is 42.4 Å². The lowest BCUT2D eigenvalue weighted by atomic mass is 9.94. The first-order valence-electron chi connectivity index (χ1n) is 14.7. The highest BCUT2D eigenvalue weighted by atomic mass is 32.2. The smallest absolute Gasteiger partial charge is 0.194 e. The molecule has 0 amide bonds. The summed E-state index contributed by atoms with van der Waals surface area (Å²) in [5, 5.41) is 84.1. The van der Waals surface area contributed by atoms with Crippen molar-refractivity contribution in [3.8, 4) is 11.3 Å². The molecule has 5 unspecified atom stereocenters. The molecule has 3 aromatic rings. The molecule has 0 radical (unpaired) electrons. The van der Waals surface area contributed by atoms with Crippen LogP contribution in [0.15, 0.2) is 24.5 Å². The van der Waals surface area contributed by atoms with Crippen LogP contribution in [0.2, 0.25) is 0 Å². The van der Waals surface area contributed by atoms with Gasteiger partial charge in [0.1, 0.15) is 65.3 Å². The zero-order chi connectivity index (χ0) is 32.7. The minimum absolute atomic E-state index is 0.0983. The van der Waals surface area contributed by atoms with Crippen molar-refractivity contribution in [2.75, 3.05) is 26.3 Å². The van der Waals surface area contributed by atoms with Crippen molar-refractivity contribution in [3.05, 3.63) is 47.7 Å². The predicted octanol–water partition coefficient (Wildman–Crippen LogP) is -1.19. The van der Waals surface area contributed by atoms with Gasteiger partial charge in [0.25, 0.3) is 0 Å². The van der Waals surface area contributed by atoms with Gasteiger partial charge in [0.15, 0.2) is 17.5 Å². The lowest BCUT2D eigenvalue weighted by Gasteiger charge is -2.46. The highest BCUT2D eigenvalue weighted by molar-refractivity contribution is 8.00. The lowest BCUT2D eigenvalue weighted by molar-refractivity contribution is -0.189. The average Bonchev–Trinajstić information content (AvgIpc) is 3.74. The molecule has 0 spiro atoms. The molecule has 10 atom stereocenters. The summed E-state index contributed by atoms with van der Waals surface area (Å²) in [6.07, 6.45) is -3.90. The standard InChI is InChI=1S/C27H34F3N7O8S/c28-13-5-12(6-14(29)19(13)30)16-8-37(35-33-16)21-23(41)18(10-39)45-27(25(21)43)46-26-24(42)20(22(40)17(9-38)44-26)36-7-15(32-34-36)11-1-3-31-4-2-11/h5-8,11,17-18,20-27,31,38-43H,1-4,9-10H2/t17-,18?,20?,21?,22?,23+,24-,25+,26?,27+/m1/s1.